The van der Waals surface area contributed by atoms with Crippen LogP contribution in [0.5, 0.6) is 0 Å². The van der Waals surface area contributed by atoms with Crippen molar-refractivity contribution in [2.24, 2.45) is 0 Å². The van der Waals surface area contributed by atoms with Crippen LogP contribution in [0.4, 0.5) is 10.5 Å². The molecule has 2 aliphatic rings. The maximum atomic E-state index is 13.7. The number of carbonyl (C=O) groups is 2. The minimum atomic E-state index is -1.07. The van der Waals surface area contributed by atoms with Crippen LogP contribution in [0.25, 0.3) is 0 Å². The zero-order valence-corrected chi connectivity index (χ0v) is 21.8. The molecule has 1 unspecified atom stereocenters. The number of fused-ring (bicyclic) bond motifs is 1. The molecular formula is C28H28Cl2N4O3. The predicted octanol–water partition coefficient (Wildman–Crippen LogP) is 4.73. The predicted molar refractivity (Wildman–Crippen MR) is 145 cm³/mol. The first-order chi connectivity index (χ1) is 18.0. The molecule has 37 heavy (non-hydrogen) atoms. The first kappa shape index (κ1) is 25.5. The number of halogens is 2. The van der Waals surface area contributed by atoms with Gasteiger partial charge in [-0.3, -0.25) is 14.6 Å². The van der Waals surface area contributed by atoms with Crippen LogP contribution in [0.3, 0.4) is 0 Å². The van der Waals surface area contributed by atoms with Gasteiger partial charge in [0.1, 0.15) is 6.61 Å². The summed E-state index contributed by atoms with van der Waals surface area (Å²) in [5.74, 6) is -0.130. The lowest BCUT2D eigenvalue weighted by Gasteiger charge is -2.45. The summed E-state index contributed by atoms with van der Waals surface area (Å²) in [4.78, 5) is 30.2. The number of piperazine rings is 1. The van der Waals surface area contributed by atoms with E-state index in [1.54, 1.807) is 6.07 Å². The Bertz CT molecular complexity index is 1280. The molecule has 0 spiro atoms. The van der Waals surface area contributed by atoms with Crippen LogP contribution < -0.4 is 10.6 Å². The number of carbonyl (C=O) groups excluding carboxylic acids is 2. The summed E-state index contributed by atoms with van der Waals surface area (Å²) in [6.45, 7) is 4.14. The van der Waals surface area contributed by atoms with Crippen LogP contribution >= 0.6 is 23.2 Å². The second-order valence-electron chi connectivity index (χ2n) is 9.15. The summed E-state index contributed by atoms with van der Waals surface area (Å²) in [6, 6.07) is 22.5. The van der Waals surface area contributed by atoms with E-state index in [1.165, 1.54) is 0 Å². The third kappa shape index (κ3) is 5.18. The quantitative estimate of drug-likeness (QED) is 0.454. The van der Waals surface area contributed by atoms with Gasteiger partial charge >= 0.3 is 6.09 Å². The molecule has 0 radical (unpaired) electrons. The molecule has 1 atom stereocenters. The van der Waals surface area contributed by atoms with Crippen molar-refractivity contribution in [1.29, 1.82) is 0 Å². The van der Waals surface area contributed by atoms with Gasteiger partial charge in [-0.15, -0.1) is 0 Å². The third-order valence-electron chi connectivity index (χ3n) is 6.97. The highest BCUT2D eigenvalue weighted by atomic mass is 35.5. The summed E-state index contributed by atoms with van der Waals surface area (Å²) < 4.78 is 5.29. The monoisotopic (exact) mass is 538 g/mol. The molecule has 2 N–H and O–H groups in total. The van der Waals surface area contributed by atoms with Crippen LogP contribution in [-0.2, 0) is 21.7 Å². The van der Waals surface area contributed by atoms with Gasteiger partial charge in [-0.05, 0) is 29.8 Å². The average Bonchev–Trinajstić information content (AvgIpc) is 3.20. The summed E-state index contributed by atoms with van der Waals surface area (Å²) in [5.41, 5.74) is 2.18. The van der Waals surface area contributed by atoms with Crippen molar-refractivity contribution in [3.05, 3.63) is 99.5 Å². The standard InChI is InChI=1S/C28H28Cl2N4O3/c29-21-10-11-25-23(18-21)28(26(35)32-25,22-8-4-5-9-24(22)30)34-16-14-33(15-17-34)13-12-31-27(36)37-19-20-6-2-1-3-7-20/h1-11,18H,12-17,19H2,(H,31,36)(H,32,35). The molecule has 0 bridgehead atoms. The van der Waals surface area contributed by atoms with E-state index in [2.05, 4.69) is 20.4 Å². The molecule has 2 aliphatic heterocycles. The van der Waals surface area contributed by atoms with E-state index >= 15 is 0 Å². The second kappa shape index (κ2) is 11.1. The molecule has 3 aromatic rings. The van der Waals surface area contributed by atoms with Crippen molar-refractivity contribution in [2.75, 3.05) is 44.6 Å². The minimum Gasteiger partial charge on any atom is -0.445 e. The van der Waals surface area contributed by atoms with Crippen LogP contribution in [0, 0.1) is 0 Å². The highest BCUT2D eigenvalue weighted by Crippen LogP contribution is 2.48. The first-order valence-corrected chi connectivity index (χ1v) is 13.0. The number of anilines is 1. The molecule has 9 heteroatoms. The number of ether oxygens (including phenoxy) is 1. The number of nitrogens with one attached hydrogen (secondary N) is 2. The number of benzene rings is 3. The third-order valence-corrected chi connectivity index (χ3v) is 7.53. The Morgan fingerprint density at radius 3 is 2.43 bits per heavy atom. The van der Waals surface area contributed by atoms with Gasteiger partial charge in [0, 0.05) is 66.1 Å². The molecule has 3 aromatic carbocycles. The Hall–Kier alpha value is -3.10. The summed E-state index contributed by atoms with van der Waals surface area (Å²) in [6.07, 6.45) is -0.434. The largest absolute Gasteiger partial charge is 0.445 e. The maximum Gasteiger partial charge on any atom is 0.407 e. The van der Waals surface area contributed by atoms with Gasteiger partial charge in [0.25, 0.3) is 5.91 Å². The Morgan fingerprint density at radius 2 is 1.68 bits per heavy atom. The Morgan fingerprint density at radius 1 is 0.946 bits per heavy atom. The zero-order valence-electron chi connectivity index (χ0n) is 20.3. The van der Waals surface area contributed by atoms with E-state index in [1.807, 2.05) is 66.7 Å². The van der Waals surface area contributed by atoms with Crippen molar-refractivity contribution in [2.45, 2.75) is 12.1 Å². The second-order valence-corrected chi connectivity index (χ2v) is 10.00. The number of rotatable bonds is 7. The number of amides is 2. The van der Waals surface area contributed by atoms with E-state index in [0.29, 0.717) is 36.2 Å². The van der Waals surface area contributed by atoms with Crippen LogP contribution in [0.1, 0.15) is 16.7 Å². The van der Waals surface area contributed by atoms with Crippen LogP contribution in [0.15, 0.2) is 72.8 Å². The summed E-state index contributed by atoms with van der Waals surface area (Å²) >= 11 is 13.1. The van der Waals surface area contributed by atoms with Crippen molar-refractivity contribution < 1.29 is 14.3 Å². The van der Waals surface area contributed by atoms with Crippen molar-refractivity contribution in [1.82, 2.24) is 15.1 Å². The van der Waals surface area contributed by atoms with Gasteiger partial charge in [-0.2, -0.15) is 0 Å². The highest BCUT2D eigenvalue weighted by Gasteiger charge is 2.54. The lowest BCUT2D eigenvalue weighted by molar-refractivity contribution is -0.126. The molecule has 1 fully saturated rings. The number of hydrogen-bond acceptors (Lipinski definition) is 5. The number of nitrogens with zero attached hydrogens (tertiary/aromatic N) is 2. The smallest absolute Gasteiger partial charge is 0.407 e. The molecule has 7 nitrogen and oxygen atoms in total. The fraction of sp³-hybridized carbons (Fsp3) is 0.286. The maximum absolute atomic E-state index is 13.7. The Labute approximate surface area is 226 Å². The molecule has 0 aromatic heterocycles. The lowest BCUT2D eigenvalue weighted by Crippen LogP contribution is -2.59. The molecule has 2 heterocycles. The normalized spacial score (nSPS) is 19.8. The van der Waals surface area contributed by atoms with Gasteiger partial charge in [0.2, 0.25) is 0 Å². The molecular weight excluding hydrogens is 511 g/mol. The van der Waals surface area contributed by atoms with E-state index in [-0.39, 0.29) is 12.5 Å². The van der Waals surface area contributed by atoms with Crippen molar-refractivity contribution in [3.63, 3.8) is 0 Å². The number of alkyl carbamates (subject to hydrolysis) is 1. The molecule has 2 amide bonds. The van der Waals surface area contributed by atoms with Crippen LogP contribution in [0.2, 0.25) is 10.0 Å². The summed E-state index contributed by atoms with van der Waals surface area (Å²) in [7, 11) is 0. The van der Waals surface area contributed by atoms with E-state index in [9.17, 15) is 9.59 Å². The lowest BCUT2D eigenvalue weighted by atomic mass is 9.81. The molecule has 0 saturated carbocycles. The average molecular weight is 539 g/mol. The molecule has 0 aliphatic carbocycles. The summed E-state index contributed by atoms with van der Waals surface area (Å²) in [5, 5.41) is 6.97. The first-order valence-electron chi connectivity index (χ1n) is 12.3. The fourth-order valence-electron chi connectivity index (χ4n) is 5.16. The van der Waals surface area contributed by atoms with Crippen molar-refractivity contribution in [3.8, 4) is 0 Å². The highest BCUT2D eigenvalue weighted by molar-refractivity contribution is 6.32. The van der Waals surface area contributed by atoms with Gasteiger partial charge in [-0.1, -0.05) is 71.7 Å². The van der Waals surface area contributed by atoms with Gasteiger partial charge in [-0.25, -0.2) is 4.79 Å². The van der Waals surface area contributed by atoms with Crippen molar-refractivity contribution >= 4 is 40.9 Å². The number of hydrogen-bond donors (Lipinski definition) is 2. The molecule has 192 valence electrons. The SMILES string of the molecule is O=C(NCCN1CCN(C2(c3ccccc3Cl)C(=O)Nc3ccc(Cl)cc32)CC1)OCc1ccccc1. The zero-order chi connectivity index (χ0) is 25.8. The van der Waals surface area contributed by atoms with E-state index in [0.717, 1.165) is 35.5 Å². The molecule has 5 rings (SSSR count). The Kier molecular flexibility index (Phi) is 7.67. The van der Waals surface area contributed by atoms with Gasteiger partial charge in [0.15, 0.2) is 5.54 Å². The van der Waals surface area contributed by atoms with E-state index in [4.69, 9.17) is 27.9 Å². The Balaban J connectivity index is 1.24. The van der Waals surface area contributed by atoms with E-state index < -0.39 is 11.6 Å². The molecule has 1 saturated heterocycles. The van der Waals surface area contributed by atoms with Gasteiger partial charge < -0.3 is 15.4 Å². The topological polar surface area (TPSA) is 73.9 Å². The van der Waals surface area contributed by atoms with Gasteiger partial charge in [0.05, 0.1) is 0 Å². The minimum absolute atomic E-state index is 0.130. The fourth-order valence-corrected chi connectivity index (χ4v) is 5.61. The van der Waals surface area contributed by atoms with Crippen LogP contribution in [-0.4, -0.2) is 61.1 Å².